The van der Waals surface area contributed by atoms with Crippen LogP contribution in [0, 0.1) is 0 Å². The zero-order chi connectivity index (χ0) is 11.5. The van der Waals surface area contributed by atoms with Gasteiger partial charge >= 0.3 is 5.97 Å². The fourth-order valence-corrected chi connectivity index (χ4v) is 2.51. The summed E-state index contributed by atoms with van der Waals surface area (Å²) in [5.74, 6) is -0.491. The van der Waals surface area contributed by atoms with E-state index in [0.717, 1.165) is 12.8 Å². The molecule has 0 spiro atoms. The van der Waals surface area contributed by atoms with Gasteiger partial charge in [-0.25, -0.2) is 4.79 Å². The Morgan fingerprint density at radius 3 is 2.69 bits per heavy atom. The van der Waals surface area contributed by atoms with E-state index in [2.05, 4.69) is 15.9 Å². The largest absolute Gasteiger partial charge is 0.489 e. The Balaban J connectivity index is 2.25. The molecule has 86 valence electrons. The minimum absolute atomic E-state index is 0.174. The van der Waals surface area contributed by atoms with Gasteiger partial charge in [0.15, 0.2) is 0 Å². The van der Waals surface area contributed by atoms with Crippen molar-refractivity contribution in [1.82, 2.24) is 0 Å². The molecule has 16 heavy (non-hydrogen) atoms. The van der Waals surface area contributed by atoms with Gasteiger partial charge in [-0.2, -0.15) is 0 Å². The SMILES string of the molecule is O=C(O)c1c(Br)cccc1OC1CCCC1. The van der Waals surface area contributed by atoms with Crippen molar-refractivity contribution in [2.24, 2.45) is 0 Å². The Kier molecular flexibility index (Phi) is 3.49. The molecule has 1 aromatic carbocycles. The highest BCUT2D eigenvalue weighted by Crippen LogP contribution is 2.30. The maximum atomic E-state index is 11.1. The van der Waals surface area contributed by atoms with E-state index < -0.39 is 5.97 Å². The molecule has 1 fully saturated rings. The molecule has 0 aliphatic heterocycles. The molecule has 0 aromatic heterocycles. The lowest BCUT2D eigenvalue weighted by Crippen LogP contribution is -2.13. The first kappa shape index (κ1) is 11.5. The molecule has 2 rings (SSSR count). The van der Waals surface area contributed by atoms with Crippen LogP contribution in [0.1, 0.15) is 36.0 Å². The molecule has 0 heterocycles. The van der Waals surface area contributed by atoms with Crippen LogP contribution in [0.15, 0.2) is 22.7 Å². The van der Waals surface area contributed by atoms with Gasteiger partial charge in [0, 0.05) is 4.47 Å². The molecule has 1 aliphatic carbocycles. The standard InChI is InChI=1S/C12H13BrO3/c13-9-6-3-7-10(11(9)12(14)15)16-8-4-1-2-5-8/h3,6-8H,1-2,4-5H2,(H,14,15). The second-order valence-electron chi connectivity index (χ2n) is 3.94. The smallest absolute Gasteiger partial charge is 0.340 e. The molecule has 0 amide bonds. The quantitative estimate of drug-likeness (QED) is 0.925. The summed E-state index contributed by atoms with van der Waals surface area (Å²) >= 11 is 3.24. The molecule has 0 radical (unpaired) electrons. The Hall–Kier alpha value is -1.03. The fraction of sp³-hybridized carbons (Fsp3) is 0.417. The molecule has 0 atom stereocenters. The van der Waals surface area contributed by atoms with E-state index in [1.807, 2.05) is 0 Å². The number of rotatable bonds is 3. The summed E-state index contributed by atoms with van der Waals surface area (Å²) in [6, 6.07) is 5.22. The van der Waals surface area contributed by atoms with Gasteiger partial charge in [-0.05, 0) is 53.7 Å². The number of carbonyl (C=O) groups is 1. The number of halogens is 1. The lowest BCUT2D eigenvalue weighted by molar-refractivity contribution is 0.0688. The number of aromatic carboxylic acids is 1. The van der Waals surface area contributed by atoms with Gasteiger partial charge in [0.05, 0.1) is 6.10 Å². The van der Waals surface area contributed by atoms with E-state index in [4.69, 9.17) is 9.84 Å². The van der Waals surface area contributed by atoms with Crippen LogP contribution in [0.5, 0.6) is 5.75 Å². The first-order chi connectivity index (χ1) is 7.68. The van der Waals surface area contributed by atoms with Crippen LogP contribution in [-0.4, -0.2) is 17.2 Å². The van der Waals surface area contributed by atoms with Gasteiger partial charge in [-0.1, -0.05) is 6.07 Å². The predicted octanol–water partition coefficient (Wildman–Crippen LogP) is 3.47. The molecular formula is C12H13BrO3. The summed E-state index contributed by atoms with van der Waals surface area (Å²) in [6.45, 7) is 0. The second-order valence-corrected chi connectivity index (χ2v) is 4.80. The minimum atomic E-state index is -0.958. The average molecular weight is 285 g/mol. The van der Waals surface area contributed by atoms with Gasteiger partial charge in [0.25, 0.3) is 0 Å². The predicted molar refractivity (Wildman–Crippen MR) is 64.0 cm³/mol. The highest BCUT2D eigenvalue weighted by Gasteiger charge is 2.21. The van der Waals surface area contributed by atoms with Crippen molar-refractivity contribution in [3.05, 3.63) is 28.2 Å². The molecule has 0 saturated heterocycles. The van der Waals surface area contributed by atoms with Crippen LogP contribution >= 0.6 is 15.9 Å². The first-order valence-electron chi connectivity index (χ1n) is 5.37. The first-order valence-corrected chi connectivity index (χ1v) is 6.16. The zero-order valence-electron chi connectivity index (χ0n) is 8.78. The van der Waals surface area contributed by atoms with Gasteiger partial charge in [-0.3, -0.25) is 0 Å². The number of hydrogen-bond donors (Lipinski definition) is 1. The fourth-order valence-electron chi connectivity index (χ4n) is 2.00. The highest BCUT2D eigenvalue weighted by molar-refractivity contribution is 9.10. The molecule has 0 unspecified atom stereocenters. The van der Waals surface area contributed by atoms with Crippen molar-refractivity contribution < 1.29 is 14.6 Å². The highest BCUT2D eigenvalue weighted by atomic mass is 79.9. The number of carboxylic acid groups (broad SMARTS) is 1. The summed E-state index contributed by atoms with van der Waals surface area (Å²) < 4.78 is 6.30. The second kappa shape index (κ2) is 4.87. The lowest BCUT2D eigenvalue weighted by Gasteiger charge is -2.15. The topological polar surface area (TPSA) is 46.5 Å². The molecule has 1 aromatic rings. The van der Waals surface area contributed by atoms with Crippen molar-refractivity contribution in [3.63, 3.8) is 0 Å². The average Bonchev–Trinajstić information content (AvgIpc) is 2.70. The van der Waals surface area contributed by atoms with Gasteiger partial charge in [0.1, 0.15) is 11.3 Å². The van der Waals surface area contributed by atoms with Crippen molar-refractivity contribution >= 4 is 21.9 Å². The Bertz CT molecular complexity index is 397. The maximum Gasteiger partial charge on any atom is 0.340 e. The maximum absolute atomic E-state index is 11.1. The summed E-state index contributed by atoms with van der Waals surface area (Å²) in [5, 5.41) is 9.11. The van der Waals surface area contributed by atoms with Crippen LogP contribution in [0.25, 0.3) is 0 Å². The van der Waals surface area contributed by atoms with Crippen molar-refractivity contribution in [2.45, 2.75) is 31.8 Å². The Morgan fingerprint density at radius 2 is 2.06 bits per heavy atom. The van der Waals surface area contributed by atoms with E-state index >= 15 is 0 Å². The molecule has 0 bridgehead atoms. The summed E-state index contributed by atoms with van der Waals surface area (Å²) in [4.78, 5) is 11.1. The molecule has 3 nitrogen and oxygen atoms in total. The summed E-state index contributed by atoms with van der Waals surface area (Å²) in [7, 11) is 0. The minimum Gasteiger partial charge on any atom is -0.489 e. The summed E-state index contributed by atoms with van der Waals surface area (Å²) in [6.07, 6.45) is 4.55. The van der Waals surface area contributed by atoms with Crippen LogP contribution in [0.2, 0.25) is 0 Å². The van der Waals surface area contributed by atoms with Crippen LogP contribution in [-0.2, 0) is 0 Å². The number of carboxylic acids is 1. The normalized spacial score (nSPS) is 16.3. The van der Waals surface area contributed by atoms with E-state index in [-0.39, 0.29) is 11.7 Å². The van der Waals surface area contributed by atoms with Gasteiger partial charge in [0.2, 0.25) is 0 Å². The van der Waals surface area contributed by atoms with Gasteiger partial charge < -0.3 is 9.84 Å². The molecule has 4 heteroatoms. The number of ether oxygens (including phenoxy) is 1. The van der Waals surface area contributed by atoms with Gasteiger partial charge in [-0.15, -0.1) is 0 Å². The summed E-state index contributed by atoms with van der Waals surface area (Å²) in [5.41, 5.74) is 0.217. The zero-order valence-corrected chi connectivity index (χ0v) is 10.4. The van der Waals surface area contributed by atoms with E-state index in [1.54, 1.807) is 18.2 Å². The third kappa shape index (κ3) is 2.38. The molecular weight excluding hydrogens is 272 g/mol. The third-order valence-electron chi connectivity index (χ3n) is 2.79. The number of hydrogen-bond acceptors (Lipinski definition) is 2. The van der Waals surface area contributed by atoms with Crippen molar-refractivity contribution in [3.8, 4) is 5.75 Å². The van der Waals surface area contributed by atoms with E-state index in [9.17, 15) is 4.79 Å². The Morgan fingerprint density at radius 1 is 1.38 bits per heavy atom. The van der Waals surface area contributed by atoms with Crippen LogP contribution in [0.3, 0.4) is 0 Å². The monoisotopic (exact) mass is 284 g/mol. The van der Waals surface area contributed by atoms with E-state index in [0.29, 0.717) is 10.2 Å². The number of benzene rings is 1. The van der Waals surface area contributed by atoms with Crippen LogP contribution < -0.4 is 4.74 Å². The molecule has 1 saturated carbocycles. The lowest BCUT2D eigenvalue weighted by atomic mass is 10.2. The van der Waals surface area contributed by atoms with Crippen molar-refractivity contribution in [2.75, 3.05) is 0 Å². The van der Waals surface area contributed by atoms with Crippen LogP contribution in [0.4, 0.5) is 0 Å². The third-order valence-corrected chi connectivity index (χ3v) is 3.45. The Labute approximate surface area is 103 Å². The van der Waals surface area contributed by atoms with E-state index in [1.165, 1.54) is 12.8 Å². The molecule has 1 N–H and O–H groups in total. The van der Waals surface area contributed by atoms with Crippen molar-refractivity contribution in [1.29, 1.82) is 0 Å². The molecule has 1 aliphatic rings.